The van der Waals surface area contributed by atoms with Crippen LogP contribution < -0.4 is 10.0 Å². The minimum atomic E-state index is -3.63. The molecule has 3 aromatic carbocycles. The average Bonchev–Trinajstić information content (AvgIpc) is 3.22. The fourth-order valence-electron chi connectivity index (χ4n) is 3.11. The molecule has 0 aliphatic carbocycles. The predicted octanol–water partition coefficient (Wildman–Crippen LogP) is 3.74. The lowest BCUT2D eigenvalue weighted by atomic mass is 10.2. The predicted molar refractivity (Wildman–Crippen MR) is 121 cm³/mol. The van der Waals surface area contributed by atoms with Crippen molar-refractivity contribution in [1.82, 2.24) is 14.3 Å². The molecule has 156 valence electrons. The number of imidazole rings is 1. The minimum Gasteiger partial charge on any atom is -0.322 e. The van der Waals surface area contributed by atoms with Gasteiger partial charge in [-0.1, -0.05) is 18.2 Å². The SMILES string of the molecule is C=CCNS(=O)(=O)c1ccc(C(=O)Nc2ccc(-n3cnc4ccccc43)cc2)cc1. The number of fused-ring (bicyclic) bond motifs is 1. The van der Waals surface area contributed by atoms with Crippen molar-refractivity contribution >= 4 is 32.7 Å². The summed E-state index contributed by atoms with van der Waals surface area (Å²) in [4.78, 5) is 17.0. The highest BCUT2D eigenvalue weighted by Crippen LogP contribution is 2.20. The highest BCUT2D eigenvalue weighted by molar-refractivity contribution is 7.89. The first-order valence-corrected chi connectivity index (χ1v) is 11.0. The van der Waals surface area contributed by atoms with Gasteiger partial charge in [0.15, 0.2) is 0 Å². The Labute approximate surface area is 180 Å². The summed E-state index contributed by atoms with van der Waals surface area (Å²) >= 11 is 0. The largest absolute Gasteiger partial charge is 0.322 e. The Morgan fingerprint density at radius 1 is 1.00 bits per heavy atom. The van der Waals surface area contributed by atoms with Crippen LogP contribution in [-0.4, -0.2) is 30.4 Å². The van der Waals surface area contributed by atoms with Crippen molar-refractivity contribution in [3.05, 3.63) is 97.3 Å². The molecule has 0 fully saturated rings. The maximum Gasteiger partial charge on any atom is 0.255 e. The van der Waals surface area contributed by atoms with Crippen molar-refractivity contribution in [1.29, 1.82) is 0 Å². The molecule has 31 heavy (non-hydrogen) atoms. The molecule has 1 heterocycles. The van der Waals surface area contributed by atoms with Gasteiger partial charge in [-0.3, -0.25) is 9.36 Å². The molecule has 8 heteroatoms. The van der Waals surface area contributed by atoms with Gasteiger partial charge >= 0.3 is 0 Å². The van der Waals surface area contributed by atoms with Crippen LogP contribution in [0.2, 0.25) is 0 Å². The van der Waals surface area contributed by atoms with Crippen molar-refractivity contribution in [3.63, 3.8) is 0 Å². The van der Waals surface area contributed by atoms with Crippen molar-refractivity contribution in [2.75, 3.05) is 11.9 Å². The van der Waals surface area contributed by atoms with E-state index in [1.165, 1.54) is 30.3 Å². The van der Waals surface area contributed by atoms with Crippen molar-refractivity contribution in [2.45, 2.75) is 4.90 Å². The molecule has 7 nitrogen and oxygen atoms in total. The molecule has 0 radical (unpaired) electrons. The van der Waals surface area contributed by atoms with Gasteiger partial charge in [-0.2, -0.15) is 0 Å². The summed E-state index contributed by atoms with van der Waals surface area (Å²) < 4.78 is 28.6. The molecule has 0 aliphatic heterocycles. The quantitative estimate of drug-likeness (QED) is 0.435. The minimum absolute atomic E-state index is 0.0859. The van der Waals surface area contributed by atoms with Crippen LogP contribution >= 0.6 is 0 Å². The molecule has 0 aliphatic rings. The lowest BCUT2D eigenvalue weighted by Gasteiger charge is -2.09. The Morgan fingerprint density at radius 2 is 1.71 bits per heavy atom. The fourth-order valence-corrected chi connectivity index (χ4v) is 4.11. The van der Waals surface area contributed by atoms with Crippen LogP contribution in [0.15, 0.2) is 96.7 Å². The number of rotatable bonds is 7. The number of carbonyl (C=O) groups excluding carboxylic acids is 1. The molecule has 1 aromatic heterocycles. The van der Waals surface area contributed by atoms with Crippen molar-refractivity contribution < 1.29 is 13.2 Å². The van der Waals surface area contributed by atoms with Gasteiger partial charge in [0.1, 0.15) is 6.33 Å². The first kappa shape index (κ1) is 20.5. The van der Waals surface area contributed by atoms with Gasteiger partial charge in [-0.05, 0) is 60.7 Å². The maximum absolute atomic E-state index is 12.5. The summed E-state index contributed by atoms with van der Waals surface area (Å²) in [6, 6.07) is 21.0. The van der Waals surface area contributed by atoms with Crippen LogP contribution in [0, 0.1) is 0 Å². The zero-order chi connectivity index (χ0) is 21.8. The lowest BCUT2D eigenvalue weighted by molar-refractivity contribution is 0.102. The number of hydrogen-bond donors (Lipinski definition) is 2. The van der Waals surface area contributed by atoms with Crippen molar-refractivity contribution in [2.24, 2.45) is 0 Å². The number of anilines is 1. The second-order valence-electron chi connectivity index (χ2n) is 6.77. The summed E-state index contributed by atoms with van der Waals surface area (Å²) in [7, 11) is -3.63. The number of carbonyl (C=O) groups is 1. The molecule has 0 unspecified atom stereocenters. The zero-order valence-electron chi connectivity index (χ0n) is 16.5. The van der Waals surface area contributed by atoms with Crippen LogP contribution in [0.4, 0.5) is 5.69 Å². The van der Waals surface area contributed by atoms with Gasteiger partial charge in [0.05, 0.1) is 15.9 Å². The number of nitrogens with zero attached hydrogens (tertiary/aromatic N) is 2. The van der Waals surface area contributed by atoms with Gasteiger partial charge in [0.2, 0.25) is 10.0 Å². The summed E-state index contributed by atoms with van der Waals surface area (Å²) in [6.07, 6.45) is 3.22. The second kappa shape index (κ2) is 8.55. The molecule has 0 spiro atoms. The first-order chi connectivity index (χ1) is 15.0. The standard InChI is InChI=1S/C23H20N4O3S/c1-2-15-25-31(29,30)20-13-7-17(8-14-20)23(28)26-18-9-11-19(12-10-18)27-16-24-21-5-3-4-6-22(21)27/h2-14,16,25H,1,15H2,(H,26,28). The van der Waals surface area contributed by atoms with Gasteiger partial charge in [-0.15, -0.1) is 6.58 Å². The van der Waals surface area contributed by atoms with E-state index in [2.05, 4.69) is 21.6 Å². The maximum atomic E-state index is 12.5. The number of para-hydroxylation sites is 2. The third-order valence-electron chi connectivity index (χ3n) is 4.70. The zero-order valence-corrected chi connectivity index (χ0v) is 17.3. The summed E-state index contributed by atoms with van der Waals surface area (Å²) in [5.74, 6) is -0.330. The van der Waals surface area contributed by atoms with Gasteiger partial charge in [0.25, 0.3) is 5.91 Å². The molecule has 4 aromatic rings. The average molecular weight is 433 g/mol. The third-order valence-corrected chi connectivity index (χ3v) is 6.14. The molecular weight excluding hydrogens is 412 g/mol. The summed E-state index contributed by atoms with van der Waals surface area (Å²) in [6.45, 7) is 3.62. The van der Waals surface area contributed by atoms with Crippen LogP contribution in [0.25, 0.3) is 16.7 Å². The highest BCUT2D eigenvalue weighted by Gasteiger charge is 2.14. The summed E-state index contributed by atoms with van der Waals surface area (Å²) in [5.41, 5.74) is 3.81. The van der Waals surface area contributed by atoms with E-state index < -0.39 is 10.0 Å². The second-order valence-corrected chi connectivity index (χ2v) is 8.54. The van der Waals surface area contributed by atoms with E-state index in [0.717, 1.165) is 16.7 Å². The van der Waals surface area contributed by atoms with Crippen molar-refractivity contribution in [3.8, 4) is 5.69 Å². The van der Waals surface area contributed by atoms with Gasteiger partial charge in [0, 0.05) is 23.5 Å². The molecule has 0 atom stereocenters. The lowest BCUT2D eigenvalue weighted by Crippen LogP contribution is -2.23. The molecule has 2 N–H and O–H groups in total. The molecule has 0 bridgehead atoms. The van der Waals surface area contributed by atoms with E-state index in [0.29, 0.717) is 11.3 Å². The van der Waals surface area contributed by atoms with E-state index in [9.17, 15) is 13.2 Å². The number of nitrogens with one attached hydrogen (secondary N) is 2. The van der Waals surface area contributed by atoms with Gasteiger partial charge < -0.3 is 5.32 Å². The number of benzene rings is 3. The Kier molecular flexibility index (Phi) is 5.66. The fraction of sp³-hybridized carbons (Fsp3) is 0.0435. The van der Waals surface area contributed by atoms with Crippen LogP contribution in [0.5, 0.6) is 0 Å². The number of aromatic nitrogens is 2. The number of sulfonamides is 1. The highest BCUT2D eigenvalue weighted by atomic mass is 32.2. The van der Waals surface area contributed by atoms with E-state index in [1.54, 1.807) is 18.5 Å². The van der Waals surface area contributed by atoms with Crippen LogP contribution in [-0.2, 0) is 10.0 Å². The van der Waals surface area contributed by atoms with Gasteiger partial charge in [-0.25, -0.2) is 18.1 Å². The Morgan fingerprint density at radius 3 is 2.42 bits per heavy atom. The first-order valence-electron chi connectivity index (χ1n) is 9.52. The summed E-state index contributed by atoms with van der Waals surface area (Å²) in [5, 5.41) is 2.82. The van der Waals surface area contributed by atoms with Crippen LogP contribution in [0.1, 0.15) is 10.4 Å². The Balaban J connectivity index is 1.47. The monoisotopic (exact) mass is 432 g/mol. The molecular formula is C23H20N4O3S. The Hall–Kier alpha value is -3.75. The third kappa shape index (κ3) is 4.40. The van der Waals surface area contributed by atoms with E-state index in [1.807, 2.05) is 41.0 Å². The van der Waals surface area contributed by atoms with E-state index >= 15 is 0 Å². The normalized spacial score (nSPS) is 11.4. The molecule has 4 rings (SSSR count). The Bertz CT molecular complexity index is 1340. The smallest absolute Gasteiger partial charge is 0.255 e. The number of hydrogen-bond acceptors (Lipinski definition) is 4. The molecule has 1 amide bonds. The molecule has 0 saturated heterocycles. The molecule has 0 saturated carbocycles. The number of amides is 1. The topological polar surface area (TPSA) is 93.1 Å². The van der Waals surface area contributed by atoms with Crippen LogP contribution in [0.3, 0.4) is 0 Å². The van der Waals surface area contributed by atoms with E-state index in [4.69, 9.17) is 0 Å². The van der Waals surface area contributed by atoms with E-state index in [-0.39, 0.29) is 17.3 Å².